The lowest BCUT2D eigenvalue weighted by atomic mass is 9.78. The summed E-state index contributed by atoms with van der Waals surface area (Å²) < 4.78 is 14.5. The quantitative estimate of drug-likeness (QED) is 0.357. The van der Waals surface area contributed by atoms with Gasteiger partial charge >= 0.3 is 0 Å². The summed E-state index contributed by atoms with van der Waals surface area (Å²) in [6.07, 6.45) is 4.09. The Bertz CT molecular complexity index is 1340. The van der Waals surface area contributed by atoms with E-state index in [-0.39, 0.29) is 23.4 Å². The normalized spacial score (nSPS) is 19.1. The maximum Gasteiger partial charge on any atom is 0.227 e. The van der Waals surface area contributed by atoms with Gasteiger partial charge in [-0.15, -0.1) is 0 Å². The first-order valence-electron chi connectivity index (χ1n) is 13.2. The molecule has 0 bridgehead atoms. The van der Waals surface area contributed by atoms with Gasteiger partial charge in [0.15, 0.2) is 5.78 Å². The average Bonchev–Trinajstić information content (AvgIpc) is 3.04. The second kappa shape index (κ2) is 10.7. The van der Waals surface area contributed by atoms with Crippen molar-refractivity contribution in [1.29, 1.82) is 0 Å². The maximum absolute atomic E-state index is 14.5. The van der Waals surface area contributed by atoms with Crippen LogP contribution in [0.2, 0.25) is 0 Å². The molecular weight excluding hydrogens is 463 g/mol. The second-order valence-corrected chi connectivity index (χ2v) is 10.2. The molecule has 3 aromatic rings. The van der Waals surface area contributed by atoms with Gasteiger partial charge in [0.2, 0.25) is 5.91 Å². The van der Waals surface area contributed by atoms with Crippen LogP contribution in [0.25, 0.3) is 0 Å². The zero-order chi connectivity index (χ0) is 25.9. The van der Waals surface area contributed by atoms with Crippen molar-refractivity contribution in [2.24, 2.45) is 0 Å². The zero-order valence-electron chi connectivity index (χ0n) is 21.5. The molecule has 0 spiro atoms. The summed E-state index contributed by atoms with van der Waals surface area (Å²) >= 11 is 0. The third-order valence-corrected chi connectivity index (χ3v) is 7.46. The van der Waals surface area contributed by atoms with Crippen molar-refractivity contribution in [1.82, 2.24) is 0 Å². The highest BCUT2D eigenvalue weighted by atomic mass is 19.1. The lowest BCUT2D eigenvalue weighted by Crippen LogP contribution is -2.38. The van der Waals surface area contributed by atoms with E-state index in [1.54, 1.807) is 11.0 Å². The number of aryl methyl sites for hydroxylation is 1. The van der Waals surface area contributed by atoms with Gasteiger partial charge in [0.1, 0.15) is 5.82 Å². The Labute approximate surface area is 218 Å². The number of hydrogen-bond donors (Lipinski definition) is 1. The van der Waals surface area contributed by atoms with Crippen molar-refractivity contribution in [3.63, 3.8) is 0 Å². The Morgan fingerprint density at radius 3 is 2.51 bits per heavy atom. The molecule has 5 rings (SSSR count). The van der Waals surface area contributed by atoms with Crippen LogP contribution in [0.5, 0.6) is 0 Å². The van der Waals surface area contributed by atoms with Crippen LogP contribution in [0.1, 0.15) is 74.1 Å². The molecule has 0 saturated heterocycles. The number of benzene rings is 3. The molecular formula is C32H33FN2O2. The van der Waals surface area contributed by atoms with Gasteiger partial charge < -0.3 is 5.32 Å². The fourth-order valence-electron chi connectivity index (χ4n) is 5.58. The number of Topliss-reactive ketones (excluding diaryl/α,β-unsaturated/α-hetero) is 1. The third-order valence-electron chi connectivity index (χ3n) is 7.46. The fourth-order valence-corrected chi connectivity index (χ4v) is 5.58. The average molecular weight is 497 g/mol. The molecule has 1 amide bonds. The Balaban J connectivity index is 1.66. The summed E-state index contributed by atoms with van der Waals surface area (Å²) in [5, 5.41) is 3.54. The highest BCUT2D eigenvalue weighted by molar-refractivity contribution is 6.06. The number of anilines is 2. The summed E-state index contributed by atoms with van der Waals surface area (Å²) in [5.41, 5.74) is 5.79. The number of nitrogens with one attached hydrogen (secondary N) is 1. The topological polar surface area (TPSA) is 49.4 Å². The minimum absolute atomic E-state index is 0.00671. The standard InChI is InChI=1S/C32H33FN2O2/c1-3-4-5-13-30(37)35-28-12-7-6-11-26(28)34-27-19-24(22-16-14-21(2)15-17-22)20-29(36)31(27)32(35)23-9-8-10-25(33)18-23/h6-12,14-18,24,32,34H,3-5,13,19-20H2,1-2H3/t24-,32-/m1/s1. The molecule has 2 aliphatic rings. The van der Waals surface area contributed by atoms with Gasteiger partial charge in [0.05, 0.1) is 17.4 Å². The number of unbranched alkanes of at least 4 members (excludes halogenated alkanes) is 2. The Hall–Kier alpha value is -3.73. The number of para-hydroxylation sites is 2. The zero-order valence-corrected chi connectivity index (χ0v) is 21.5. The molecule has 0 unspecified atom stereocenters. The summed E-state index contributed by atoms with van der Waals surface area (Å²) in [6.45, 7) is 4.16. The molecule has 0 saturated carbocycles. The van der Waals surface area contributed by atoms with Gasteiger partial charge in [-0.2, -0.15) is 0 Å². The number of carbonyl (C=O) groups excluding carboxylic acids is 2. The van der Waals surface area contributed by atoms with Crippen molar-refractivity contribution in [3.8, 4) is 0 Å². The number of allylic oxidation sites excluding steroid dienone is 1. The van der Waals surface area contributed by atoms with Crippen LogP contribution in [-0.4, -0.2) is 11.7 Å². The lowest BCUT2D eigenvalue weighted by Gasteiger charge is -2.35. The van der Waals surface area contributed by atoms with Crippen molar-refractivity contribution >= 4 is 23.1 Å². The maximum atomic E-state index is 14.5. The molecule has 190 valence electrons. The number of amides is 1. The van der Waals surface area contributed by atoms with E-state index < -0.39 is 6.04 Å². The van der Waals surface area contributed by atoms with E-state index in [0.29, 0.717) is 36.1 Å². The van der Waals surface area contributed by atoms with E-state index in [9.17, 15) is 14.0 Å². The monoisotopic (exact) mass is 496 g/mol. The van der Waals surface area contributed by atoms with Crippen LogP contribution in [0.15, 0.2) is 84.1 Å². The number of carbonyl (C=O) groups is 2. The van der Waals surface area contributed by atoms with Crippen LogP contribution in [0, 0.1) is 12.7 Å². The van der Waals surface area contributed by atoms with Crippen LogP contribution >= 0.6 is 0 Å². The van der Waals surface area contributed by atoms with Crippen LogP contribution in [0.3, 0.4) is 0 Å². The van der Waals surface area contributed by atoms with Crippen molar-refractivity contribution in [2.75, 3.05) is 10.2 Å². The van der Waals surface area contributed by atoms with E-state index in [1.807, 2.05) is 30.3 Å². The van der Waals surface area contributed by atoms with Gasteiger partial charge in [-0.3, -0.25) is 14.5 Å². The van der Waals surface area contributed by atoms with Crippen LogP contribution < -0.4 is 10.2 Å². The molecule has 0 fully saturated rings. The third kappa shape index (κ3) is 5.08. The first-order valence-corrected chi connectivity index (χ1v) is 13.2. The number of fused-ring (bicyclic) bond motifs is 1. The summed E-state index contributed by atoms with van der Waals surface area (Å²) in [7, 11) is 0. The molecule has 1 aliphatic carbocycles. The van der Waals surface area contributed by atoms with E-state index in [1.165, 1.54) is 17.7 Å². The van der Waals surface area contributed by atoms with E-state index in [2.05, 4.69) is 43.4 Å². The predicted octanol–water partition coefficient (Wildman–Crippen LogP) is 7.62. The first kappa shape index (κ1) is 24.9. The molecule has 1 heterocycles. The van der Waals surface area contributed by atoms with Crippen molar-refractivity contribution < 1.29 is 14.0 Å². The Kier molecular flexibility index (Phi) is 7.22. The van der Waals surface area contributed by atoms with Crippen molar-refractivity contribution in [2.45, 2.75) is 64.3 Å². The molecule has 37 heavy (non-hydrogen) atoms. The van der Waals surface area contributed by atoms with E-state index in [4.69, 9.17) is 0 Å². The minimum atomic E-state index is -0.692. The SMILES string of the molecule is CCCCCC(=O)N1c2ccccc2NC2=C(C(=O)C[C@H](c3ccc(C)cc3)C2)[C@H]1c1cccc(F)c1. The highest BCUT2D eigenvalue weighted by Gasteiger charge is 2.41. The smallest absolute Gasteiger partial charge is 0.227 e. The highest BCUT2D eigenvalue weighted by Crippen LogP contribution is 2.47. The van der Waals surface area contributed by atoms with Gasteiger partial charge in [-0.25, -0.2) is 4.39 Å². The summed E-state index contributed by atoms with van der Waals surface area (Å²) in [5.74, 6) is -0.414. The molecule has 1 N–H and O–H groups in total. The number of rotatable bonds is 6. The molecule has 3 aromatic carbocycles. The molecule has 4 nitrogen and oxygen atoms in total. The number of nitrogens with zero attached hydrogens (tertiary/aromatic N) is 1. The largest absolute Gasteiger partial charge is 0.357 e. The first-order chi connectivity index (χ1) is 18.0. The Morgan fingerprint density at radius 1 is 0.973 bits per heavy atom. The lowest BCUT2D eigenvalue weighted by molar-refractivity contribution is -0.119. The van der Waals surface area contributed by atoms with Gasteiger partial charge in [0.25, 0.3) is 0 Å². The van der Waals surface area contributed by atoms with Gasteiger partial charge in [-0.05, 0) is 61.1 Å². The molecule has 5 heteroatoms. The van der Waals surface area contributed by atoms with Crippen LogP contribution in [-0.2, 0) is 9.59 Å². The van der Waals surface area contributed by atoms with Gasteiger partial charge in [0, 0.05) is 24.1 Å². The predicted molar refractivity (Wildman–Crippen MR) is 146 cm³/mol. The van der Waals surface area contributed by atoms with Crippen LogP contribution in [0.4, 0.5) is 15.8 Å². The Morgan fingerprint density at radius 2 is 1.76 bits per heavy atom. The molecule has 2 atom stereocenters. The fraction of sp³-hybridized carbons (Fsp3) is 0.312. The van der Waals surface area contributed by atoms with Crippen molar-refractivity contribution in [3.05, 3.63) is 107 Å². The minimum Gasteiger partial charge on any atom is -0.357 e. The van der Waals surface area contributed by atoms with E-state index in [0.717, 1.165) is 36.2 Å². The number of hydrogen-bond acceptors (Lipinski definition) is 3. The molecule has 0 radical (unpaired) electrons. The number of halogens is 1. The molecule has 0 aromatic heterocycles. The summed E-state index contributed by atoms with van der Waals surface area (Å²) in [6, 6.07) is 21.6. The second-order valence-electron chi connectivity index (χ2n) is 10.2. The molecule has 1 aliphatic heterocycles. The summed E-state index contributed by atoms with van der Waals surface area (Å²) in [4.78, 5) is 29.5. The number of ketones is 1. The van der Waals surface area contributed by atoms with Gasteiger partial charge in [-0.1, -0.05) is 73.9 Å². The van der Waals surface area contributed by atoms with E-state index >= 15 is 0 Å².